The Hall–Kier alpha value is -2.36. The summed E-state index contributed by atoms with van der Waals surface area (Å²) in [6.07, 6.45) is 0. The minimum atomic E-state index is 0.103. The predicted molar refractivity (Wildman–Crippen MR) is 104 cm³/mol. The average Bonchev–Trinajstić information content (AvgIpc) is 2.53. The van der Waals surface area contributed by atoms with Crippen LogP contribution in [0.15, 0.2) is 48.5 Å². The lowest BCUT2D eigenvalue weighted by atomic mass is 9.48. The van der Waals surface area contributed by atoms with E-state index in [9.17, 15) is 0 Å². The van der Waals surface area contributed by atoms with Gasteiger partial charge in [0, 0.05) is 45.7 Å². The van der Waals surface area contributed by atoms with Gasteiger partial charge in [-0.25, -0.2) is 0 Å². The van der Waals surface area contributed by atoms with Gasteiger partial charge in [0.2, 0.25) is 0 Å². The predicted octanol–water partition coefficient (Wildman–Crippen LogP) is 4.18. The maximum absolute atomic E-state index is 5.78. The summed E-state index contributed by atoms with van der Waals surface area (Å²) in [7, 11) is 0. The van der Waals surface area contributed by atoms with Crippen LogP contribution < -0.4 is 22.1 Å². The van der Waals surface area contributed by atoms with E-state index in [4.69, 9.17) is 11.5 Å². The fourth-order valence-corrected chi connectivity index (χ4v) is 4.39. The van der Waals surface area contributed by atoms with Crippen LogP contribution in [0.25, 0.3) is 0 Å². The zero-order chi connectivity index (χ0) is 17.5. The highest BCUT2D eigenvalue weighted by molar-refractivity contribution is 5.56. The first-order chi connectivity index (χ1) is 11.2. The molecule has 0 amide bonds. The van der Waals surface area contributed by atoms with Gasteiger partial charge in [0.15, 0.2) is 0 Å². The van der Waals surface area contributed by atoms with Crippen molar-refractivity contribution < 1.29 is 0 Å². The molecule has 0 heterocycles. The summed E-state index contributed by atoms with van der Waals surface area (Å²) in [6, 6.07) is 16.6. The van der Waals surface area contributed by atoms with Gasteiger partial charge in [-0.15, -0.1) is 0 Å². The summed E-state index contributed by atoms with van der Waals surface area (Å²) in [5.41, 5.74) is 15.6. The van der Waals surface area contributed by atoms with Crippen molar-refractivity contribution in [2.24, 2.45) is 10.8 Å². The van der Waals surface area contributed by atoms with Crippen LogP contribution in [0, 0.1) is 10.8 Å². The fraction of sp³-hybridized carbons (Fsp3) is 0.400. The summed E-state index contributed by atoms with van der Waals surface area (Å²) in [5.74, 6) is 0. The Morgan fingerprint density at radius 3 is 1.21 bits per heavy atom. The molecule has 0 unspecified atom stereocenters. The Bertz CT molecular complexity index is 626. The normalized spacial score (nSPS) is 24.0. The topological polar surface area (TPSA) is 76.1 Å². The molecule has 24 heavy (non-hydrogen) atoms. The lowest BCUT2D eigenvalue weighted by molar-refractivity contribution is -0.0256. The van der Waals surface area contributed by atoms with E-state index in [1.807, 2.05) is 48.5 Å². The standard InChI is InChI=1S/C20H28N4/c1-19(2)17(23-15-9-5-13(21)6-10-15)20(3,4)18(19)24-16-11-7-14(22)8-12-16/h5-12,17-18,23-24H,21-22H2,1-4H3. The highest BCUT2D eigenvalue weighted by atomic mass is 15.1. The number of nitrogen functional groups attached to an aromatic ring is 2. The van der Waals surface area contributed by atoms with E-state index in [1.54, 1.807) is 0 Å². The van der Waals surface area contributed by atoms with Crippen molar-refractivity contribution in [1.29, 1.82) is 0 Å². The SMILES string of the molecule is CC1(C)C(Nc2ccc(N)cc2)C(C)(C)C1Nc1ccc(N)cc1. The average molecular weight is 324 g/mol. The summed E-state index contributed by atoms with van der Waals surface area (Å²) in [6.45, 7) is 9.23. The molecule has 1 aliphatic carbocycles. The summed E-state index contributed by atoms with van der Waals surface area (Å²) in [4.78, 5) is 0. The first kappa shape index (κ1) is 16.5. The third kappa shape index (κ3) is 2.77. The molecule has 1 saturated carbocycles. The molecule has 0 aliphatic heterocycles. The number of rotatable bonds is 4. The molecular formula is C20H28N4. The van der Waals surface area contributed by atoms with Crippen molar-refractivity contribution in [3.05, 3.63) is 48.5 Å². The molecule has 0 aromatic heterocycles. The van der Waals surface area contributed by atoms with Gasteiger partial charge in [-0.05, 0) is 48.5 Å². The van der Waals surface area contributed by atoms with Crippen molar-refractivity contribution in [3.8, 4) is 0 Å². The molecule has 0 saturated heterocycles. The molecule has 1 fully saturated rings. The van der Waals surface area contributed by atoms with Gasteiger partial charge in [-0.3, -0.25) is 0 Å². The third-order valence-electron chi connectivity index (χ3n) is 5.42. The quantitative estimate of drug-likeness (QED) is 0.636. The zero-order valence-corrected chi connectivity index (χ0v) is 14.9. The molecule has 2 aromatic carbocycles. The van der Waals surface area contributed by atoms with Crippen LogP contribution in [0.5, 0.6) is 0 Å². The third-order valence-corrected chi connectivity index (χ3v) is 5.42. The van der Waals surface area contributed by atoms with E-state index < -0.39 is 0 Å². The van der Waals surface area contributed by atoms with Gasteiger partial charge >= 0.3 is 0 Å². The van der Waals surface area contributed by atoms with E-state index >= 15 is 0 Å². The van der Waals surface area contributed by atoms with Gasteiger partial charge < -0.3 is 22.1 Å². The first-order valence-corrected chi connectivity index (χ1v) is 8.45. The second-order valence-electron chi connectivity index (χ2n) is 8.04. The van der Waals surface area contributed by atoms with Crippen molar-refractivity contribution in [3.63, 3.8) is 0 Å². The maximum atomic E-state index is 5.78. The fourth-order valence-electron chi connectivity index (χ4n) is 4.39. The molecule has 0 atom stereocenters. The number of anilines is 4. The summed E-state index contributed by atoms with van der Waals surface area (Å²) >= 11 is 0. The van der Waals surface area contributed by atoms with Crippen LogP contribution in [-0.4, -0.2) is 12.1 Å². The van der Waals surface area contributed by atoms with Crippen molar-refractivity contribution >= 4 is 22.7 Å². The molecule has 2 aromatic rings. The van der Waals surface area contributed by atoms with Crippen LogP contribution >= 0.6 is 0 Å². The Labute approximate surface area is 144 Å². The Morgan fingerprint density at radius 2 is 0.917 bits per heavy atom. The van der Waals surface area contributed by atoms with E-state index in [1.165, 1.54) is 0 Å². The van der Waals surface area contributed by atoms with Crippen LogP contribution in [0.1, 0.15) is 27.7 Å². The summed E-state index contributed by atoms with van der Waals surface area (Å²) in [5, 5.41) is 7.39. The smallest absolute Gasteiger partial charge is 0.0402 e. The molecule has 6 N–H and O–H groups in total. The molecule has 3 rings (SSSR count). The van der Waals surface area contributed by atoms with Crippen molar-refractivity contribution in [1.82, 2.24) is 0 Å². The molecule has 0 radical (unpaired) electrons. The lowest BCUT2D eigenvalue weighted by Crippen LogP contribution is -2.72. The van der Waals surface area contributed by atoms with Gasteiger partial charge in [0.1, 0.15) is 0 Å². The number of hydrogen-bond acceptors (Lipinski definition) is 4. The molecule has 4 nitrogen and oxygen atoms in total. The molecule has 128 valence electrons. The molecular weight excluding hydrogens is 296 g/mol. The molecule has 0 spiro atoms. The Morgan fingerprint density at radius 1 is 0.625 bits per heavy atom. The molecule has 1 aliphatic rings. The number of benzene rings is 2. The van der Waals surface area contributed by atoms with Crippen LogP contribution in [0.4, 0.5) is 22.7 Å². The zero-order valence-electron chi connectivity index (χ0n) is 14.9. The minimum Gasteiger partial charge on any atom is -0.399 e. The van der Waals surface area contributed by atoms with Crippen LogP contribution in [-0.2, 0) is 0 Å². The Kier molecular flexibility index (Phi) is 3.86. The summed E-state index contributed by atoms with van der Waals surface area (Å²) < 4.78 is 0. The first-order valence-electron chi connectivity index (χ1n) is 8.45. The molecule has 4 heteroatoms. The van der Waals surface area contributed by atoms with Gasteiger partial charge in [0.05, 0.1) is 0 Å². The highest BCUT2D eigenvalue weighted by Gasteiger charge is 2.61. The number of nitrogens with two attached hydrogens (primary N) is 2. The van der Waals surface area contributed by atoms with Crippen LogP contribution in [0.3, 0.4) is 0 Å². The van der Waals surface area contributed by atoms with Gasteiger partial charge in [-0.1, -0.05) is 27.7 Å². The van der Waals surface area contributed by atoms with Crippen LogP contribution in [0.2, 0.25) is 0 Å². The minimum absolute atomic E-state index is 0.103. The van der Waals surface area contributed by atoms with Gasteiger partial charge in [-0.2, -0.15) is 0 Å². The van der Waals surface area contributed by atoms with Crippen molar-refractivity contribution in [2.45, 2.75) is 39.8 Å². The van der Waals surface area contributed by atoms with Crippen molar-refractivity contribution in [2.75, 3.05) is 22.1 Å². The molecule has 0 bridgehead atoms. The number of nitrogens with one attached hydrogen (secondary N) is 2. The second-order valence-corrected chi connectivity index (χ2v) is 8.04. The van der Waals surface area contributed by atoms with E-state index in [0.717, 1.165) is 22.7 Å². The monoisotopic (exact) mass is 324 g/mol. The Balaban J connectivity index is 1.76. The lowest BCUT2D eigenvalue weighted by Gasteiger charge is -2.64. The highest BCUT2D eigenvalue weighted by Crippen LogP contribution is 2.56. The second kappa shape index (κ2) is 5.62. The van der Waals surface area contributed by atoms with E-state index in [0.29, 0.717) is 12.1 Å². The van der Waals surface area contributed by atoms with Gasteiger partial charge in [0.25, 0.3) is 0 Å². The number of hydrogen-bond donors (Lipinski definition) is 4. The maximum Gasteiger partial charge on any atom is 0.0402 e. The van der Waals surface area contributed by atoms with E-state index in [-0.39, 0.29) is 10.8 Å². The van der Waals surface area contributed by atoms with E-state index in [2.05, 4.69) is 38.3 Å². The largest absolute Gasteiger partial charge is 0.399 e.